The lowest BCUT2D eigenvalue weighted by Crippen LogP contribution is -2.53. The lowest BCUT2D eigenvalue weighted by Gasteiger charge is -2.35. The van der Waals surface area contributed by atoms with Crippen LogP contribution in [-0.2, 0) is 4.74 Å². The van der Waals surface area contributed by atoms with Crippen molar-refractivity contribution in [3.63, 3.8) is 0 Å². The standard InChI is InChI=1S/C9H11FN2O6/c10-3-1-12(9(17)11-7(3)16)8-6(15)5(14)4(13)2-18-8/h1,4-6,8,13-15H,2H2,(H,11,16,17)/t4-,5-,6+,8-/m0/s1. The summed E-state index contributed by atoms with van der Waals surface area (Å²) in [6.07, 6.45) is -5.29. The van der Waals surface area contributed by atoms with Crippen molar-refractivity contribution >= 4 is 0 Å². The van der Waals surface area contributed by atoms with E-state index in [-0.39, 0.29) is 6.61 Å². The highest BCUT2D eigenvalue weighted by Crippen LogP contribution is 2.22. The monoisotopic (exact) mass is 262 g/mol. The summed E-state index contributed by atoms with van der Waals surface area (Å²) in [5.74, 6) is -1.23. The Hall–Kier alpha value is -1.55. The third kappa shape index (κ3) is 2.08. The highest BCUT2D eigenvalue weighted by molar-refractivity contribution is 4.92. The Morgan fingerprint density at radius 1 is 1.33 bits per heavy atom. The van der Waals surface area contributed by atoms with Gasteiger partial charge in [0.2, 0.25) is 5.82 Å². The molecule has 0 bridgehead atoms. The highest BCUT2D eigenvalue weighted by Gasteiger charge is 2.39. The van der Waals surface area contributed by atoms with Gasteiger partial charge in [0, 0.05) is 0 Å². The summed E-state index contributed by atoms with van der Waals surface area (Å²) in [4.78, 5) is 24.0. The molecule has 100 valence electrons. The normalized spacial score (nSPS) is 32.4. The molecule has 18 heavy (non-hydrogen) atoms. The number of nitrogens with zero attached hydrogens (tertiary/aromatic N) is 1. The van der Waals surface area contributed by atoms with Gasteiger partial charge in [0.1, 0.15) is 18.3 Å². The SMILES string of the molecule is O=c1[nH]c(=O)n([C@H]2OC[C@H](O)[C@H](O)[C@H]2O)cc1F. The van der Waals surface area contributed by atoms with Crippen LogP contribution in [0.3, 0.4) is 0 Å². The molecular formula is C9H11FN2O6. The number of hydrogen-bond acceptors (Lipinski definition) is 6. The van der Waals surface area contributed by atoms with E-state index in [4.69, 9.17) is 4.74 Å². The topological polar surface area (TPSA) is 125 Å². The second kappa shape index (κ2) is 4.61. The average molecular weight is 262 g/mol. The molecule has 0 aliphatic carbocycles. The number of aromatic nitrogens is 2. The average Bonchev–Trinajstić information content (AvgIpc) is 2.32. The zero-order valence-corrected chi connectivity index (χ0v) is 8.99. The van der Waals surface area contributed by atoms with Crippen LogP contribution < -0.4 is 11.2 Å². The predicted molar refractivity (Wildman–Crippen MR) is 54.3 cm³/mol. The quantitative estimate of drug-likeness (QED) is 0.436. The van der Waals surface area contributed by atoms with Crippen LogP contribution >= 0.6 is 0 Å². The molecule has 1 aromatic heterocycles. The third-order valence-corrected chi connectivity index (χ3v) is 2.67. The summed E-state index contributed by atoms with van der Waals surface area (Å²) >= 11 is 0. The molecule has 1 saturated heterocycles. The Labute approximate surface area is 98.9 Å². The molecule has 0 amide bonds. The molecular weight excluding hydrogens is 251 g/mol. The molecule has 9 heteroatoms. The van der Waals surface area contributed by atoms with E-state index in [1.807, 2.05) is 0 Å². The summed E-state index contributed by atoms with van der Waals surface area (Å²) in [5.41, 5.74) is -2.18. The molecule has 2 rings (SSSR count). The Bertz CT molecular complexity index is 555. The number of aliphatic hydroxyl groups is 3. The third-order valence-electron chi connectivity index (χ3n) is 2.67. The largest absolute Gasteiger partial charge is 0.388 e. The molecule has 0 radical (unpaired) electrons. The molecule has 1 aromatic rings. The second-order valence-corrected chi connectivity index (χ2v) is 3.92. The van der Waals surface area contributed by atoms with Gasteiger partial charge in [0.25, 0.3) is 5.56 Å². The number of ether oxygens (including phenoxy) is 1. The molecule has 0 spiro atoms. The number of H-pyrrole nitrogens is 1. The first-order valence-electron chi connectivity index (χ1n) is 5.08. The minimum atomic E-state index is -1.63. The van der Waals surface area contributed by atoms with Gasteiger partial charge >= 0.3 is 5.69 Å². The zero-order chi connectivity index (χ0) is 13.4. The van der Waals surface area contributed by atoms with Gasteiger partial charge in [-0.05, 0) is 0 Å². The van der Waals surface area contributed by atoms with Gasteiger partial charge in [-0.1, -0.05) is 0 Å². The minimum Gasteiger partial charge on any atom is -0.388 e. The van der Waals surface area contributed by atoms with Gasteiger partial charge in [0.05, 0.1) is 12.8 Å². The van der Waals surface area contributed by atoms with E-state index in [1.165, 1.54) is 0 Å². The zero-order valence-electron chi connectivity index (χ0n) is 8.99. The molecule has 1 aliphatic heterocycles. The van der Waals surface area contributed by atoms with Gasteiger partial charge < -0.3 is 20.1 Å². The fraction of sp³-hybridized carbons (Fsp3) is 0.556. The van der Waals surface area contributed by atoms with E-state index in [2.05, 4.69) is 0 Å². The number of aromatic amines is 1. The molecule has 1 fully saturated rings. The summed E-state index contributed by atoms with van der Waals surface area (Å²) < 4.78 is 18.6. The molecule has 1 aliphatic rings. The predicted octanol–water partition coefficient (Wildman–Crippen LogP) is -2.71. The Kier molecular flexibility index (Phi) is 3.30. The van der Waals surface area contributed by atoms with Gasteiger partial charge in [0.15, 0.2) is 6.23 Å². The minimum absolute atomic E-state index is 0.337. The number of aliphatic hydroxyl groups excluding tert-OH is 3. The van der Waals surface area contributed by atoms with Crippen LogP contribution in [0.15, 0.2) is 15.8 Å². The maximum Gasteiger partial charge on any atom is 0.330 e. The van der Waals surface area contributed by atoms with Crippen molar-refractivity contribution < 1.29 is 24.4 Å². The first-order chi connectivity index (χ1) is 8.41. The number of hydrogen-bond donors (Lipinski definition) is 4. The van der Waals surface area contributed by atoms with E-state index in [9.17, 15) is 29.3 Å². The van der Waals surface area contributed by atoms with Crippen LogP contribution in [0, 0.1) is 5.82 Å². The molecule has 0 unspecified atom stereocenters. The van der Waals surface area contributed by atoms with Crippen LogP contribution in [0.25, 0.3) is 0 Å². The Morgan fingerprint density at radius 3 is 2.67 bits per heavy atom. The lowest BCUT2D eigenvalue weighted by atomic mass is 10.0. The van der Waals surface area contributed by atoms with Gasteiger partial charge in [-0.15, -0.1) is 0 Å². The molecule has 8 nitrogen and oxygen atoms in total. The van der Waals surface area contributed by atoms with E-state index < -0.39 is 41.6 Å². The van der Waals surface area contributed by atoms with Crippen molar-refractivity contribution in [2.75, 3.05) is 6.61 Å². The van der Waals surface area contributed by atoms with Crippen LogP contribution in [-0.4, -0.2) is 49.8 Å². The van der Waals surface area contributed by atoms with E-state index >= 15 is 0 Å². The van der Waals surface area contributed by atoms with E-state index in [0.29, 0.717) is 10.8 Å². The van der Waals surface area contributed by atoms with Crippen LogP contribution in [0.5, 0.6) is 0 Å². The van der Waals surface area contributed by atoms with Gasteiger partial charge in [-0.2, -0.15) is 4.39 Å². The second-order valence-electron chi connectivity index (χ2n) is 3.92. The summed E-state index contributed by atoms with van der Waals surface area (Å²) in [5, 5.41) is 28.3. The Morgan fingerprint density at radius 2 is 2.00 bits per heavy atom. The van der Waals surface area contributed by atoms with Crippen molar-refractivity contribution in [3.05, 3.63) is 32.9 Å². The summed E-state index contributed by atoms with van der Waals surface area (Å²) in [6.45, 7) is -0.337. The lowest BCUT2D eigenvalue weighted by molar-refractivity contribution is -0.212. The maximum absolute atomic E-state index is 13.1. The molecule has 4 atom stereocenters. The number of nitrogens with one attached hydrogen (secondary N) is 1. The van der Waals surface area contributed by atoms with Crippen LogP contribution in [0.4, 0.5) is 4.39 Å². The van der Waals surface area contributed by atoms with E-state index in [1.54, 1.807) is 4.98 Å². The van der Waals surface area contributed by atoms with Crippen molar-refractivity contribution in [1.82, 2.24) is 9.55 Å². The van der Waals surface area contributed by atoms with Crippen molar-refractivity contribution in [2.24, 2.45) is 0 Å². The number of halogens is 1. The van der Waals surface area contributed by atoms with Crippen LogP contribution in [0.1, 0.15) is 6.23 Å². The molecule has 4 N–H and O–H groups in total. The first-order valence-corrected chi connectivity index (χ1v) is 5.08. The fourth-order valence-electron chi connectivity index (χ4n) is 1.69. The number of rotatable bonds is 1. The summed E-state index contributed by atoms with van der Waals surface area (Å²) in [6, 6.07) is 0. The van der Waals surface area contributed by atoms with Gasteiger partial charge in [-0.25, -0.2) is 4.79 Å². The molecule has 2 heterocycles. The van der Waals surface area contributed by atoms with Crippen molar-refractivity contribution in [1.29, 1.82) is 0 Å². The molecule has 0 aromatic carbocycles. The fourth-order valence-corrected chi connectivity index (χ4v) is 1.69. The summed E-state index contributed by atoms with van der Waals surface area (Å²) in [7, 11) is 0. The van der Waals surface area contributed by atoms with Gasteiger partial charge in [-0.3, -0.25) is 14.3 Å². The maximum atomic E-state index is 13.1. The first kappa shape index (κ1) is 12.9. The molecule has 0 saturated carbocycles. The van der Waals surface area contributed by atoms with Crippen molar-refractivity contribution in [3.8, 4) is 0 Å². The highest BCUT2D eigenvalue weighted by atomic mass is 19.1. The van der Waals surface area contributed by atoms with Crippen LogP contribution in [0.2, 0.25) is 0 Å². The Balaban J connectivity index is 2.41. The van der Waals surface area contributed by atoms with E-state index in [0.717, 1.165) is 0 Å². The smallest absolute Gasteiger partial charge is 0.330 e. The van der Waals surface area contributed by atoms with Crippen molar-refractivity contribution in [2.45, 2.75) is 24.5 Å².